The highest BCUT2D eigenvalue weighted by molar-refractivity contribution is 6.08. The van der Waals surface area contributed by atoms with Crippen LogP contribution in [0.3, 0.4) is 0 Å². The van der Waals surface area contributed by atoms with Gasteiger partial charge in [-0.2, -0.15) is 5.10 Å². The minimum Gasteiger partial charge on any atom is -0.486 e. The van der Waals surface area contributed by atoms with E-state index in [-0.39, 0.29) is 5.91 Å². The van der Waals surface area contributed by atoms with Crippen LogP contribution in [0, 0.1) is 13.8 Å². The van der Waals surface area contributed by atoms with Crippen molar-refractivity contribution in [3.05, 3.63) is 59.3 Å². The zero-order chi connectivity index (χ0) is 18.1. The maximum atomic E-state index is 12.7. The highest BCUT2D eigenvalue weighted by Gasteiger charge is 2.18. The smallest absolute Gasteiger partial charge is 0.259 e. The molecule has 0 saturated carbocycles. The summed E-state index contributed by atoms with van der Waals surface area (Å²) in [6.45, 7) is 5.11. The standard InChI is InChI=1S/C20H19N3O3/c1-12-3-5-15(9-13(12)2)22-20(24)16-11-21-23-19(16)14-4-6-17-18(10-14)26-8-7-25-17/h3-6,9-11H,7-8H2,1-2H3,(H,21,23)(H,22,24). The first-order valence-corrected chi connectivity index (χ1v) is 8.44. The first-order valence-electron chi connectivity index (χ1n) is 8.44. The Morgan fingerprint density at radius 3 is 2.65 bits per heavy atom. The predicted molar refractivity (Wildman–Crippen MR) is 98.9 cm³/mol. The van der Waals surface area contributed by atoms with Gasteiger partial charge < -0.3 is 14.8 Å². The largest absolute Gasteiger partial charge is 0.486 e. The van der Waals surface area contributed by atoms with Gasteiger partial charge in [0.1, 0.15) is 13.2 Å². The van der Waals surface area contributed by atoms with E-state index < -0.39 is 0 Å². The number of carbonyl (C=O) groups is 1. The van der Waals surface area contributed by atoms with Gasteiger partial charge in [-0.05, 0) is 55.3 Å². The number of H-pyrrole nitrogens is 1. The number of amides is 1. The Kier molecular flexibility index (Phi) is 4.08. The molecular formula is C20H19N3O3. The second-order valence-corrected chi connectivity index (χ2v) is 6.27. The molecule has 2 N–H and O–H groups in total. The average molecular weight is 349 g/mol. The lowest BCUT2D eigenvalue weighted by atomic mass is 10.1. The van der Waals surface area contributed by atoms with Gasteiger partial charge in [-0.15, -0.1) is 0 Å². The van der Waals surface area contributed by atoms with E-state index in [1.54, 1.807) is 0 Å². The molecule has 1 aliphatic rings. The Morgan fingerprint density at radius 1 is 1.04 bits per heavy atom. The van der Waals surface area contributed by atoms with E-state index in [9.17, 15) is 4.79 Å². The van der Waals surface area contributed by atoms with E-state index in [0.29, 0.717) is 36.0 Å². The highest BCUT2D eigenvalue weighted by atomic mass is 16.6. The lowest BCUT2D eigenvalue weighted by molar-refractivity contribution is 0.102. The molecule has 0 fully saturated rings. The van der Waals surface area contributed by atoms with Crippen LogP contribution in [-0.4, -0.2) is 29.3 Å². The summed E-state index contributed by atoms with van der Waals surface area (Å²) in [7, 11) is 0. The molecule has 0 spiro atoms. The van der Waals surface area contributed by atoms with Gasteiger partial charge in [0.25, 0.3) is 5.91 Å². The number of fused-ring (bicyclic) bond motifs is 1. The van der Waals surface area contributed by atoms with Crippen molar-refractivity contribution in [3.63, 3.8) is 0 Å². The summed E-state index contributed by atoms with van der Waals surface area (Å²) in [6.07, 6.45) is 1.53. The van der Waals surface area contributed by atoms with Crippen LogP contribution in [0.25, 0.3) is 11.3 Å². The molecule has 1 aliphatic heterocycles. The molecule has 6 nitrogen and oxygen atoms in total. The number of carbonyl (C=O) groups excluding carboxylic acids is 1. The van der Waals surface area contributed by atoms with Crippen LogP contribution < -0.4 is 14.8 Å². The molecular weight excluding hydrogens is 330 g/mol. The van der Waals surface area contributed by atoms with Gasteiger partial charge >= 0.3 is 0 Å². The molecule has 4 rings (SSSR count). The number of aryl methyl sites for hydroxylation is 2. The monoisotopic (exact) mass is 349 g/mol. The molecule has 3 aromatic rings. The third kappa shape index (κ3) is 3.01. The van der Waals surface area contributed by atoms with Gasteiger partial charge in [0.2, 0.25) is 0 Å². The molecule has 0 bridgehead atoms. The third-order valence-electron chi connectivity index (χ3n) is 4.48. The molecule has 0 atom stereocenters. The number of hydrogen-bond acceptors (Lipinski definition) is 4. The SMILES string of the molecule is Cc1ccc(NC(=O)c2cn[nH]c2-c2ccc3c(c2)OCCO3)cc1C. The number of nitrogens with one attached hydrogen (secondary N) is 2. The van der Waals surface area contributed by atoms with E-state index in [1.807, 2.05) is 50.2 Å². The third-order valence-corrected chi connectivity index (χ3v) is 4.48. The van der Waals surface area contributed by atoms with Gasteiger partial charge in [-0.1, -0.05) is 6.07 Å². The molecule has 1 aromatic heterocycles. The van der Waals surface area contributed by atoms with E-state index in [1.165, 1.54) is 11.8 Å². The molecule has 2 heterocycles. The normalized spacial score (nSPS) is 12.7. The summed E-state index contributed by atoms with van der Waals surface area (Å²) in [6, 6.07) is 11.4. The summed E-state index contributed by atoms with van der Waals surface area (Å²) in [5, 5.41) is 9.89. The molecule has 132 valence electrons. The zero-order valence-corrected chi connectivity index (χ0v) is 14.6. The van der Waals surface area contributed by atoms with Gasteiger partial charge in [0.15, 0.2) is 11.5 Å². The van der Waals surface area contributed by atoms with Crippen LogP contribution in [-0.2, 0) is 0 Å². The Morgan fingerprint density at radius 2 is 1.85 bits per heavy atom. The van der Waals surface area contributed by atoms with Crippen molar-refractivity contribution in [2.24, 2.45) is 0 Å². The molecule has 6 heteroatoms. The van der Waals surface area contributed by atoms with Crippen molar-refractivity contribution in [2.75, 3.05) is 18.5 Å². The van der Waals surface area contributed by atoms with Gasteiger partial charge in [0, 0.05) is 11.3 Å². The lowest BCUT2D eigenvalue weighted by Gasteiger charge is -2.18. The number of aromatic nitrogens is 2. The van der Waals surface area contributed by atoms with Crippen LogP contribution in [0.15, 0.2) is 42.6 Å². The van der Waals surface area contributed by atoms with Gasteiger partial charge in [-0.3, -0.25) is 9.89 Å². The molecule has 0 unspecified atom stereocenters. The molecule has 0 aliphatic carbocycles. The molecule has 26 heavy (non-hydrogen) atoms. The fourth-order valence-electron chi connectivity index (χ4n) is 2.89. The van der Waals surface area contributed by atoms with E-state index in [0.717, 1.165) is 16.8 Å². The summed E-state index contributed by atoms with van der Waals surface area (Å²) in [5.41, 5.74) is 5.00. The number of hydrogen-bond donors (Lipinski definition) is 2. The van der Waals surface area contributed by atoms with Gasteiger partial charge in [0.05, 0.1) is 17.5 Å². The zero-order valence-electron chi connectivity index (χ0n) is 14.6. The fourth-order valence-corrected chi connectivity index (χ4v) is 2.89. The minimum atomic E-state index is -0.216. The van der Waals surface area contributed by atoms with E-state index in [4.69, 9.17) is 9.47 Å². The van der Waals surface area contributed by atoms with E-state index >= 15 is 0 Å². The number of nitrogens with zero attached hydrogens (tertiary/aromatic N) is 1. The van der Waals surface area contributed by atoms with Crippen LogP contribution >= 0.6 is 0 Å². The maximum Gasteiger partial charge on any atom is 0.259 e. The quantitative estimate of drug-likeness (QED) is 0.756. The van der Waals surface area contributed by atoms with Crippen LogP contribution in [0.2, 0.25) is 0 Å². The number of ether oxygens (including phenoxy) is 2. The first-order chi connectivity index (χ1) is 12.6. The maximum absolute atomic E-state index is 12.7. The lowest BCUT2D eigenvalue weighted by Crippen LogP contribution is -2.15. The van der Waals surface area contributed by atoms with Crippen molar-refractivity contribution in [3.8, 4) is 22.8 Å². The molecule has 1 amide bonds. The number of benzene rings is 2. The van der Waals surface area contributed by atoms with Crippen molar-refractivity contribution in [1.29, 1.82) is 0 Å². The topological polar surface area (TPSA) is 76.2 Å². The van der Waals surface area contributed by atoms with Crippen LogP contribution in [0.1, 0.15) is 21.5 Å². The highest BCUT2D eigenvalue weighted by Crippen LogP contribution is 2.35. The number of anilines is 1. The minimum absolute atomic E-state index is 0.216. The fraction of sp³-hybridized carbons (Fsp3) is 0.200. The average Bonchev–Trinajstić information content (AvgIpc) is 3.14. The Labute approximate surface area is 151 Å². The Balaban J connectivity index is 1.62. The number of aromatic amines is 1. The van der Waals surface area contributed by atoms with Gasteiger partial charge in [-0.25, -0.2) is 0 Å². The summed E-state index contributed by atoms with van der Waals surface area (Å²) in [5.74, 6) is 1.16. The van der Waals surface area contributed by atoms with E-state index in [2.05, 4.69) is 15.5 Å². The first kappa shape index (κ1) is 16.2. The molecule has 0 saturated heterocycles. The second kappa shape index (κ2) is 6.55. The van der Waals surface area contributed by atoms with Crippen molar-refractivity contribution >= 4 is 11.6 Å². The van der Waals surface area contributed by atoms with Crippen molar-refractivity contribution in [1.82, 2.24) is 10.2 Å². The molecule has 0 radical (unpaired) electrons. The van der Waals surface area contributed by atoms with Crippen LogP contribution in [0.4, 0.5) is 5.69 Å². The Hall–Kier alpha value is -3.28. The summed E-state index contributed by atoms with van der Waals surface area (Å²) < 4.78 is 11.2. The van der Waals surface area contributed by atoms with Crippen molar-refractivity contribution in [2.45, 2.75) is 13.8 Å². The van der Waals surface area contributed by atoms with Crippen LogP contribution in [0.5, 0.6) is 11.5 Å². The summed E-state index contributed by atoms with van der Waals surface area (Å²) >= 11 is 0. The Bertz CT molecular complexity index is 978. The summed E-state index contributed by atoms with van der Waals surface area (Å²) in [4.78, 5) is 12.7. The number of rotatable bonds is 3. The predicted octanol–water partition coefficient (Wildman–Crippen LogP) is 3.72. The second-order valence-electron chi connectivity index (χ2n) is 6.27. The van der Waals surface area contributed by atoms with Crippen molar-refractivity contribution < 1.29 is 14.3 Å². The molecule has 2 aromatic carbocycles.